The number of nitrogens with one attached hydrogen (secondary N) is 2. The SMILES string of the molecule is Cl.O=C(Cc1cccc(F)c1F)NCC1NCCc2ccccc21. The molecule has 1 aliphatic rings. The summed E-state index contributed by atoms with van der Waals surface area (Å²) in [6, 6.07) is 12.0. The molecule has 3 rings (SSSR count). The third-order valence-electron chi connectivity index (χ3n) is 4.10. The quantitative estimate of drug-likeness (QED) is 0.888. The maximum Gasteiger partial charge on any atom is 0.224 e. The molecule has 6 heteroatoms. The van der Waals surface area contributed by atoms with Gasteiger partial charge in [0.2, 0.25) is 5.91 Å². The molecule has 2 aromatic rings. The molecule has 3 nitrogen and oxygen atoms in total. The summed E-state index contributed by atoms with van der Waals surface area (Å²) < 4.78 is 26.7. The van der Waals surface area contributed by atoms with Crippen LogP contribution < -0.4 is 10.6 Å². The van der Waals surface area contributed by atoms with Gasteiger partial charge in [-0.2, -0.15) is 0 Å². The standard InChI is InChI=1S/C18H18F2N2O.ClH/c19-15-7-3-5-13(18(15)20)10-17(23)22-11-16-14-6-2-1-4-12(14)8-9-21-16;/h1-7,16,21H,8-11H2,(H,22,23);1H. The van der Waals surface area contributed by atoms with Gasteiger partial charge in [0, 0.05) is 18.2 Å². The minimum Gasteiger partial charge on any atom is -0.354 e. The van der Waals surface area contributed by atoms with Gasteiger partial charge in [0.05, 0.1) is 6.42 Å². The van der Waals surface area contributed by atoms with E-state index >= 15 is 0 Å². The average Bonchev–Trinajstić information content (AvgIpc) is 2.57. The first-order valence-electron chi connectivity index (χ1n) is 7.66. The molecule has 0 saturated carbocycles. The van der Waals surface area contributed by atoms with Crippen molar-refractivity contribution in [1.82, 2.24) is 10.6 Å². The number of hydrogen-bond acceptors (Lipinski definition) is 2. The molecule has 0 bridgehead atoms. The summed E-state index contributed by atoms with van der Waals surface area (Å²) in [7, 11) is 0. The van der Waals surface area contributed by atoms with Crippen LogP contribution in [0.25, 0.3) is 0 Å². The molecular weight excluding hydrogens is 334 g/mol. The number of halogens is 3. The van der Waals surface area contributed by atoms with Crippen molar-refractivity contribution in [3.63, 3.8) is 0 Å². The van der Waals surface area contributed by atoms with Crippen molar-refractivity contribution in [2.24, 2.45) is 0 Å². The molecule has 1 atom stereocenters. The smallest absolute Gasteiger partial charge is 0.224 e. The Kier molecular flexibility index (Phi) is 6.29. The molecule has 1 aliphatic heterocycles. The molecular formula is C18H19ClF2N2O. The monoisotopic (exact) mass is 352 g/mol. The van der Waals surface area contributed by atoms with Crippen molar-refractivity contribution >= 4 is 18.3 Å². The highest BCUT2D eigenvalue weighted by Crippen LogP contribution is 2.21. The summed E-state index contributed by atoms with van der Waals surface area (Å²) in [4.78, 5) is 12.0. The molecule has 0 radical (unpaired) electrons. The summed E-state index contributed by atoms with van der Waals surface area (Å²) in [5.74, 6) is -2.21. The van der Waals surface area contributed by atoms with Crippen LogP contribution in [0, 0.1) is 11.6 Å². The molecule has 1 heterocycles. The van der Waals surface area contributed by atoms with E-state index in [1.807, 2.05) is 18.2 Å². The van der Waals surface area contributed by atoms with Crippen molar-refractivity contribution in [1.29, 1.82) is 0 Å². The molecule has 128 valence electrons. The first-order valence-corrected chi connectivity index (χ1v) is 7.66. The highest BCUT2D eigenvalue weighted by atomic mass is 35.5. The van der Waals surface area contributed by atoms with Gasteiger partial charge in [-0.3, -0.25) is 4.79 Å². The number of fused-ring (bicyclic) bond motifs is 1. The Bertz CT molecular complexity index is 724. The van der Waals surface area contributed by atoms with Gasteiger partial charge in [-0.05, 0) is 30.2 Å². The third-order valence-corrected chi connectivity index (χ3v) is 4.10. The summed E-state index contributed by atoms with van der Waals surface area (Å²) in [5.41, 5.74) is 2.53. The van der Waals surface area contributed by atoms with Gasteiger partial charge in [0.1, 0.15) is 0 Å². The van der Waals surface area contributed by atoms with Gasteiger partial charge < -0.3 is 10.6 Å². The summed E-state index contributed by atoms with van der Waals surface area (Å²) in [6.07, 6.45) is 0.799. The Balaban J connectivity index is 0.00000208. The van der Waals surface area contributed by atoms with Crippen LogP contribution in [-0.2, 0) is 17.6 Å². The first kappa shape index (κ1) is 18.4. The number of carbonyl (C=O) groups excluding carboxylic acids is 1. The lowest BCUT2D eigenvalue weighted by Crippen LogP contribution is -2.39. The molecule has 0 fully saturated rings. The molecule has 2 aromatic carbocycles. The third kappa shape index (κ3) is 4.10. The second-order valence-electron chi connectivity index (χ2n) is 5.65. The van der Waals surface area contributed by atoms with E-state index in [9.17, 15) is 13.6 Å². The van der Waals surface area contributed by atoms with Crippen LogP contribution in [0.2, 0.25) is 0 Å². The Morgan fingerprint density at radius 2 is 1.96 bits per heavy atom. The van der Waals surface area contributed by atoms with E-state index in [2.05, 4.69) is 16.7 Å². The predicted octanol–water partition coefficient (Wildman–Crippen LogP) is 2.93. The summed E-state index contributed by atoms with van der Waals surface area (Å²) in [6.45, 7) is 1.28. The van der Waals surface area contributed by atoms with Crippen molar-refractivity contribution in [3.05, 3.63) is 70.8 Å². The Morgan fingerprint density at radius 3 is 2.79 bits per heavy atom. The predicted molar refractivity (Wildman–Crippen MR) is 91.2 cm³/mol. The highest BCUT2D eigenvalue weighted by molar-refractivity contribution is 5.85. The minimum atomic E-state index is -0.955. The second kappa shape index (κ2) is 8.22. The van der Waals surface area contributed by atoms with E-state index in [-0.39, 0.29) is 36.3 Å². The van der Waals surface area contributed by atoms with Crippen LogP contribution in [0.4, 0.5) is 8.78 Å². The molecule has 0 aliphatic carbocycles. The highest BCUT2D eigenvalue weighted by Gasteiger charge is 2.20. The van der Waals surface area contributed by atoms with Crippen LogP contribution in [0.15, 0.2) is 42.5 Å². The maximum atomic E-state index is 13.6. The maximum absolute atomic E-state index is 13.6. The van der Waals surface area contributed by atoms with E-state index in [4.69, 9.17) is 0 Å². The average molecular weight is 353 g/mol. The van der Waals surface area contributed by atoms with Crippen LogP contribution in [0.5, 0.6) is 0 Å². The van der Waals surface area contributed by atoms with Crippen LogP contribution in [0.3, 0.4) is 0 Å². The second-order valence-corrected chi connectivity index (χ2v) is 5.65. The number of amides is 1. The van der Waals surface area contributed by atoms with E-state index in [0.717, 1.165) is 19.0 Å². The van der Waals surface area contributed by atoms with Crippen LogP contribution in [0.1, 0.15) is 22.7 Å². The minimum absolute atomic E-state index is 0. The van der Waals surface area contributed by atoms with Crippen LogP contribution in [-0.4, -0.2) is 19.0 Å². The fourth-order valence-corrected chi connectivity index (χ4v) is 2.91. The number of rotatable bonds is 4. The fourth-order valence-electron chi connectivity index (χ4n) is 2.91. The molecule has 1 unspecified atom stereocenters. The topological polar surface area (TPSA) is 41.1 Å². The lowest BCUT2D eigenvalue weighted by atomic mass is 9.94. The molecule has 0 aromatic heterocycles. The van der Waals surface area contributed by atoms with Crippen LogP contribution >= 0.6 is 12.4 Å². The van der Waals surface area contributed by atoms with Crippen molar-refractivity contribution in [3.8, 4) is 0 Å². The zero-order chi connectivity index (χ0) is 16.2. The van der Waals surface area contributed by atoms with E-state index in [1.54, 1.807) is 0 Å². The van der Waals surface area contributed by atoms with E-state index < -0.39 is 11.6 Å². The lowest BCUT2D eigenvalue weighted by Gasteiger charge is -2.27. The largest absolute Gasteiger partial charge is 0.354 e. The number of benzene rings is 2. The van der Waals surface area contributed by atoms with Gasteiger partial charge in [0.25, 0.3) is 0 Å². The fraction of sp³-hybridized carbons (Fsp3) is 0.278. The summed E-state index contributed by atoms with van der Waals surface area (Å²) in [5, 5.41) is 6.16. The van der Waals surface area contributed by atoms with Gasteiger partial charge in [0.15, 0.2) is 11.6 Å². The molecule has 0 spiro atoms. The molecule has 1 amide bonds. The molecule has 2 N–H and O–H groups in total. The first-order chi connectivity index (χ1) is 11.1. The van der Waals surface area contributed by atoms with Crippen molar-refractivity contribution < 1.29 is 13.6 Å². The lowest BCUT2D eigenvalue weighted by molar-refractivity contribution is -0.120. The zero-order valence-corrected chi connectivity index (χ0v) is 13.8. The van der Waals surface area contributed by atoms with Gasteiger partial charge >= 0.3 is 0 Å². The van der Waals surface area contributed by atoms with E-state index in [0.29, 0.717) is 6.54 Å². The Hall–Kier alpha value is -1.98. The van der Waals surface area contributed by atoms with Crippen molar-refractivity contribution in [2.45, 2.75) is 18.9 Å². The van der Waals surface area contributed by atoms with Gasteiger partial charge in [-0.1, -0.05) is 36.4 Å². The molecule has 24 heavy (non-hydrogen) atoms. The Labute approximate surface area is 145 Å². The Morgan fingerprint density at radius 1 is 1.17 bits per heavy atom. The normalized spacial score (nSPS) is 16.0. The zero-order valence-electron chi connectivity index (χ0n) is 13.0. The van der Waals surface area contributed by atoms with E-state index in [1.165, 1.54) is 23.3 Å². The number of carbonyl (C=O) groups is 1. The van der Waals surface area contributed by atoms with Gasteiger partial charge in [-0.25, -0.2) is 8.78 Å². The summed E-state index contributed by atoms with van der Waals surface area (Å²) >= 11 is 0. The van der Waals surface area contributed by atoms with Gasteiger partial charge in [-0.15, -0.1) is 12.4 Å². The molecule has 0 saturated heterocycles. The van der Waals surface area contributed by atoms with Crippen molar-refractivity contribution in [2.75, 3.05) is 13.1 Å². The number of hydrogen-bond donors (Lipinski definition) is 2.